The summed E-state index contributed by atoms with van der Waals surface area (Å²) in [5.74, 6) is 0.818. The van der Waals surface area contributed by atoms with Crippen LogP contribution >= 0.6 is 0 Å². The SMILES string of the molecule is Oc1nc(-c2ccccn2)nc2c1ncn2-c1ccccn1. The first-order valence-corrected chi connectivity index (χ1v) is 6.60. The second-order valence-electron chi connectivity index (χ2n) is 4.56. The molecule has 106 valence electrons. The summed E-state index contributed by atoms with van der Waals surface area (Å²) in [5, 5.41) is 10.1. The molecule has 0 aromatic carbocycles. The molecule has 4 heterocycles. The average molecular weight is 290 g/mol. The Kier molecular flexibility index (Phi) is 2.75. The first-order chi connectivity index (χ1) is 10.8. The second kappa shape index (κ2) is 4.88. The minimum atomic E-state index is -0.180. The number of fused-ring (bicyclic) bond motifs is 1. The van der Waals surface area contributed by atoms with E-state index >= 15 is 0 Å². The van der Waals surface area contributed by atoms with Crippen LogP contribution in [0.4, 0.5) is 0 Å². The van der Waals surface area contributed by atoms with Crippen LogP contribution in [0.1, 0.15) is 0 Å². The van der Waals surface area contributed by atoms with Gasteiger partial charge in [0.1, 0.15) is 17.8 Å². The van der Waals surface area contributed by atoms with Crippen LogP contribution in [0, 0.1) is 0 Å². The van der Waals surface area contributed by atoms with Crippen LogP contribution < -0.4 is 0 Å². The molecule has 4 aromatic heterocycles. The van der Waals surface area contributed by atoms with Gasteiger partial charge in [-0.3, -0.25) is 9.55 Å². The first-order valence-electron chi connectivity index (χ1n) is 6.60. The molecule has 0 radical (unpaired) electrons. The number of aromatic hydroxyl groups is 1. The zero-order chi connectivity index (χ0) is 14.9. The van der Waals surface area contributed by atoms with Gasteiger partial charge in [-0.15, -0.1) is 0 Å². The van der Waals surface area contributed by atoms with E-state index in [1.54, 1.807) is 35.4 Å². The molecule has 0 atom stereocenters. The second-order valence-corrected chi connectivity index (χ2v) is 4.56. The van der Waals surface area contributed by atoms with Crippen molar-refractivity contribution in [2.75, 3.05) is 0 Å². The van der Waals surface area contributed by atoms with Crippen molar-refractivity contribution in [3.63, 3.8) is 0 Å². The lowest BCUT2D eigenvalue weighted by Crippen LogP contribution is -1.99. The Labute approximate surface area is 125 Å². The molecule has 0 fully saturated rings. The Bertz CT molecular complexity index is 936. The molecule has 22 heavy (non-hydrogen) atoms. The van der Waals surface area contributed by atoms with Crippen LogP contribution in [0.2, 0.25) is 0 Å². The average Bonchev–Trinajstić information content (AvgIpc) is 3.01. The van der Waals surface area contributed by atoms with Crippen LogP contribution in [-0.2, 0) is 0 Å². The van der Waals surface area contributed by atoms with E-state index in [0.717, 1.165) is 0 Å². The van der Waals surface area contributed by atoms with E-state index in [0.29, 0.717) is 28.5 Å². The highest BCUT2D eigenvalue weighted by Crippen LogP contribution is 2.24. The lowest BCUT2D eigenvalue weighted by Gasteiger charge is -2.04. The standard InChI is InChI=1S/C15H10N6O/c22-15-12-14(19-13(20-15)10-5-1-3-7-16-10)21(9-18-12)11-6-2-4-8-17-11/h1-9H,(H,19,20,22). The number of hydrogen-bond donors (Lipinski definition) is 1. The maximum Gasteiger partial charge on any atom is 0.243 e. The quantitative estimate of drug-likeness (QED) is 0.607. The van der Waals surface area contributed by atoms with Crippen molar-refractivity contribution in [1.82, 2.24) is 29.5 Å². The fourth-order valence-corrected chi connectivity index (χ4v) is 2.16. The lowest BCUT2D eigenvalue weighted by molar-refractivity contribution is 0.459. The Morgan fingerprint density at radius 3 is 2.41 bits per heavy atom. The van der Waals surface area contributed by atoms with Gasteiger partial charge < -0.3 is 5.11 Å². The van der Waals surface area contributed by atoms with Crippen molar-refractivity contribution in [2.24, 2.45) is 0 Å². The maximum absolute atomic E-state index is 10.1. The molecule has 0 aliphatic heterocycles. The molecule has 0 bridgehead atoms. The molecular formula is C15H10N6O. The fourth-order valence-electron chi connectivity index (χ4n) is 2.16. The number of imidazole rings is 1. The summed E-state index contributed by atoms with van der Waals surface area (Å²) in [6.07, 6.45) is 4.89. The minimum Gasteiger partial charge on any atom is -0.492 e. The number of nitrogens with zero attached hydrogens (tertiary/aromatic N) is 6. The minimum absolute atomic E-state index is 0.180. The van der Waals surface area contributed by atoms with Crippen LogP contribution in [-0.4, -0.2) is 34.6 Å². The summed E-state index contributed by atoms with van der Waals surface area (Å²) < 4.78 is 1.70. The summed E-state index contributed by atoms with van der Waals surface area (Å²) in [6, 6.07) is 11.0. The van der Waals surface area contributed by atoms with Crippen molar-refractivity contribution in [3.05, 3.63) is 55.1 Å². The van der Waals surface area contributed by atoms with E-state index in [1.807, 2.05) is 24.3 Å². The Hall–Kier alpha value is -3.35. The van der Waals surface area contributed by atoms with Crippen LogP contribution in [0.5, 0.6) is 5.88 Å². The molecule has 0 aliphatic rings. The van der Waals surface area contributed by atoms with Crippen molar-refractivity contribution >= 4 is 11.2 Å². The third-order valence-corrected chi connectivity index (χ3v) is 3.17. The molecule has 4 rings (SSSR count). The van der Waals surface area contributed by atoms with Gasteiger partial charge in [0.15, 0.2) is 17.0 Å². The lowest BCUT2D eigenvalue weighted by atomic mass is 10.3. The van der Waals surface area contributed by atoms with Gasteiger partial charge in [-0.25, -0.2) is 15.0 Å². The fraction of sp³-hybridized carbons (Fsp3) is 0. The number of aromatic nitrogens is 6. The molecule has 4 aromatic rings. The topological polar surface area (TPSA) is 89.6 Å². The smallest absolute Gasteiger partial charge is 0.243 e. The molecule has 0 aliphatic carbocycles. The highest BCUT2D eigenvalue weighted by Gasteiger charge is 2.15. The molecule has 0 unspecified atom stereocenters. The highest BCUT2D eigenvalue weighted by atomic mass is 16.3. The van der Waals surface area contributed by atoms with Gasteiger partial charge in [-0.2, -0.15) is 4.98 Å². The normalized spacial score (nSPS) is 10.9. The number of pyridine rings is 2. The number of rotatable bonds is 2. The van der Waals surface area contributed by atoms with E-state index in [2.05, 4.69) is 24.9 Å². The molecule has 0 spiro atoms. The van der Waals surface area contributed by atoms with Gasteiger partial charge in [-0.1, -0.05) is 12.1 Å². The maximum atomic E-state index is 10.1. The Morgan fingerprint density at radius 2 is 1.68 bits per heavy atom. The summed E-state index contributed by atoms with van der Waals surface area (Å²) in [6.45, 7) is 0. The first kappa shape index (κ1) is 12.4. The molecule has 0 saturated heterocycles. The Morgan fingerprint density at radius 1 is 0.864 bits per heavy atom. The van der Waals surface area contributed by atoms with Gasteiger partial charge in [0.25, 0.3) is 0 Å². The molecule has 7 heteroatoms. The monoisotopic (exact) mass is 290 g/mol. The summed E-state index contributed by atoms with van der Waals surface area (Å²) >= 11 is 0. The Balaban J connectivity index is 1.97. The molecule has 7 nitrogen and oxygen atoms in total. The van der Waals surface area contributed by atoms with E-state index < -0.39 is 0 Å². The third kappa shape index (κ3) is 1.96. The van der Waals surface area contributed by atoms with Crippen molar-refractivity contribution < 1.29 is 5.11 Å². The largest absolute Gasteiger partial charge is 0.492 e. The van der Waals surface area contributed by atoms with Crippen LogP contribution in [0.3, 0.4) is 0 Å². The molecule has 1 N–H and O–H groups in total. The molecule has 0 saturated carbocycles. The zero-order valence-corrected chi connectivity index (χ0v) is 11.3. The van der Waals surface area contributed by atoms with Crippen LogP contribution in [0.25, 0.3) is 28.5 Å². The predicted octanol–water partition coefficient (Wildman–Crippen LogP) is 1.98. The summed E-state index contributed by atoms with van der Waals surface area (Å²) in [7, 11) is 0. The number of hydrogen-bond acceptors (Lipinski definition) is 6. The van der Waals surface area contributed by atoms with Gasteiger partial charge in [-0.05, 0) is 24.3 Å². The highest BCUT2D eigenvalue weighted by molar-refractivity contribution is 5.79. The van der Waals surface area contributed by atoms with E-state index in [-0.39, 0.29) is 5.88 Å². The van der Waals surface area contributed by atoms with Gasteiger partial charge in [0.05, 0.1) is 0 Å². The van der Waals surface area contributed by atoms with Crippen molar-refractivity contribution in [1.29, 1.82) is 0 Å². The van der Waals surface area contributed by atoms with Crippen molar-refractivity contribution in [3.8, 4) is 23.2 Å². The third-order valence-electron chi connectivity index (χ3n) is 3.17. The summed E-state index contributed by atoms with van der Waals surface area (Å²) in [5.41, 5.74) is 1.38. The summed E-state index contributed by atoms with van der Waals surface area (Å²) in [4.78, 5) is 21.2. The molecule has 0 amide bonds. The van der Waals surface area contributed by atoms with Gasteiger partial charge >= 0.3 is 0 Å². The van der Waals surface area contributed by atoms with Crippen LogP contribution in [0.15, 0.2) is 55.1 Å². The zero-order valence-electron chi connectivity index (χ0n) is 11.3. The van der Waals surface area contributed by atoms with Crippen molar-refractivity contribution in [2.45, 2.75) is 0 Å². The predicted molar refractivity (Wildman–Crippen MR) is 79.4 cm³/mol. The van der Waals surface area contributed by atoms with Gasteiger partial charge in [0, 0.05) is 12.4 Å². The van der Waals surface area contributed by atoms with E-state index in [9.17, 15) is 5.11 Å². The van der Waals surface area contributed by atoms with Gasteiger partial charge in [0.2, 0.25) is 5.88 Å². The van der Waals surface area contributed by atoms with E-state index in [1.165, 1.54) is 0 Å². The molecular weight excluding hydrogens is 280 g/mol. The van der Waals surface area contributed by atoms with E-state index in [4.69, 9.17) is 0 Å².